The summed E-state index contributed by atoms with van der Waals surface area (Å²) in [6, 6.07) is 3.40. The zero-order valence-electron chi connectivity index (χ0n) is 13.3. The van der Waals surface area contributed by atoms with Crippen LogP contribution in [0.25, 0.3) is 11.3 Å². The number of hydrogen-bond donors (Lipinski definition) is 1. The number of aromatic nitrogens is 2. The molecule has 4 rings (SSSR count). The zero-order chi connectivity index (χ0) is 17.9. The van der Waals surface area contributed by atoms with Gasteiger partial charge in [0.2, 0.25) is 5.88 Å². The van der Waals surface area contributed by atoms with Crippen molar-refractivity contribution in [1.82, 2.24) is 9.78 Å². The fraction of sp³-hybridized carbons (Fsp3) is 0.375. The van der Waals surface area contributed by atoms with Crippen molar-refractivity contribution >= 4 is 15.8 Å². The highest BCUT2D eigenvalue weighted by atomic mass is 32.2. The quantitative estimate of drug-likeness (QED) is 0.895. The molecule has 132 valence electrons. The Labute approximate surface area is 142 Å². The lowest BCUT2D eigenvalue weighted by atomic mass is 10.1. The van der Waals surface area contributed by atoms with Gasteiger partial charge in [0.15, 0.2) is 9.84 Å². The van der Waals surface area contributed by atoms with E-state index < -0.39 is 21.6 Å². The Morgan fingerprint density at radius 1 is 1.40 bits per heavy atom. The van der Waals surface area contributed by atoms with Gasteiger partial charge in [0.1, 0.15) is 23.2 Å². The number of sulfone groups is 1. The molecule has 2 aromatic rings. The van der Waals surface area contributed by atoms with Crippen molar-refractivity contribution in [2.75, 3.05) is 6.26 Å². The first-order valence-corrected chi connectivity index (χ1v) is 9.67. The molecule has 1 aliphatic heterocycles. The Morgan fingerprint density at radius 2 is 2.16 bits per heavy atom. The molecule has 2 aliphatic rings. The van der Waals surface area contributed by atoms with E-state index in [1.807, 2.05) is 0 Å². The first-order valence-electron chi connectivity index (χ1n) is 7.78. The number of hydrogen-bond acceptors (Lipinski definition) is 5. The summed E-state index contributed by atoms with van der Waals surface area (Å²) < 4.78 is 44.9. The second-order valence-corrected chi connectivity index (χ2v) is 8.41. The molecule has 0 spiro atoms. The largest absolute Gasteiger partial charge is 0.477 e. The molecule has 1 N–H and O–H groups in total. The molecule has 1 aromatic carbocycles. The summed E-state index contributed by atoms with van der Waals surface area (Å²) in [6.45, 7) is 0. The number of ether oxygens (including phenoxy) is 1. The lowest BCUT2D eigenvalue weighted by Gasteiger charge is -2.22. The third kappa shape index (κ3) is 2.50. The molecule has 0 amide bonds. The van der Waals surface area contributed by atoms with Crippen LogP contribution in [0.5, 0.6) is 5.88 Å². The Kier molecular flexibility index (Phi) is 3.40. The van der Waals surface area contributed by atoms with E-state index in [1.165, 1.54) is 16.8 Å². The van der Waals surface area contributed by atoms with Crippen molar-refractivity contribution in [1.29, 1.82) is 0 Å². The standard InChI is InChI=1S/C16H15FN2O5S/c1-25(22,23)10-4-5-11(12(17)7-10)14-13(16(20)21)15-19(18-14)8-2-3-9(6-8)24-15/h4-5,7-9H,2-3,6H2,1H3,(H,20,21). The van der Waals surface area contributed by atoms with Gasteiger partial charge in [0, 0.05) is 18.2 Å². The molecule has 1 aliphatic carbocycles. The number of carboxylic acid groups (broad SMARTS) is 1. The third-order valence-electron chi connectivity index (χ3n) is 4.69. The summed E-state index contributed by atoms with van der Waals surface area (Å²) in [4.78, 5) is 11.6. The van der Waals surface area contributed by atoms with E-state index in [9.17, 15) is 22.7 Å². The van der Waals surface area contributed by atoms with E-state index in [4.69, 9.17) is 4.74 Å². The molecule has 2 atom stereocenters. The van der Waals surface area contributed by atoms with E-state index in [-0.39, 0.29) is 39.7 Å². The van der Waals surface area contributed by atoms with Crippen LogP contribution in [0.3, 0.4) is 0 Å². The molecule has 2 unspecified atom stereocenters. The summed E-state index contributed by atoms with van der Waals surface area (Å²) in [5, 5.41) is 13.9. The van der Waals surface area contributed by atoms with Crippen LogP contribution in [0.2, 0.25) is 0 Å². The summed E-state index contributed by atoms with van der Waals surface area (Å²) in [6.07, 6.45) is 3.34. The van der Waals surface area contributed by atoms with Gasteiger partial charge in [0.25, 0.3) is 0 Å². The highest BCUT2D eigenvalue weighted by molar-refractivity contribution is 7.90. The minimum absolute atomic E-state index is 0.0407. The molecular weight excluding hydrogens is 351 g/mol. The van der Waals surface area contributed by atoms with Crippen LogP contribution < -0.4 is 4.74 Å². The molecule has 0 saturated heterocycles. The van der Waals surface area contributed by atoms with Crippen molar-refractivity contribution in [3.63, 3.8) is 0 Å². The van der Waals surface area contributed by atoms with Gasteiger partial charge in [-0.1, -0.05) is 0 Å². The van der Waals surface area contributed by atoms with E-state index in [2.05, 4.69) is 5.10 Å². The maximum Gasteiger partial charge on any atom is 0.343 e. The summed E-state index contributed by atoms with van der Waals surface area (Å²) in [5.41, 5.74) is -0.304. The Morgan fingerprint density at radius 3 is 2.80 bits per heavy atom. The molecule has 2 heterocycles. The van der Waals surface area contributed by atoms with Gasteiger partial charge in [-0.05, 0) is 31.0 Å². The highest BCUT2D eigenvalue weighted by Gasteiger charge is 2.40. The number of rotatable bonds is 3. The Bertz CT molecular complexity index is 998. The van der Waals surface area contributed by atoms with E-state index in [0.717, 1.165) is 31.6 Å². The highest BCUT2D eigenvalue weighted by Crippen LogP contribution is 2.44. The van der Waals surface area contributed by atoms with Crippen LogP contribution in [-0.4, -0.2) is 41.6 Å². The number of halogens is 1. The number of benzene rings is 1. The SMILES string of the molecule is CS(=O)(=O)c1ccc(-c2nn3c(c2C(=O)O)OC2CCC3C2)c(F)c1. The fourth-order valence-electron chi connectivity index (χ4n) is 3.48. The predicted molar refractivity (Wildman–Crippen MR) is 85.0 cm³/mol. The minimum atomic E-state index is -3.57. The van der Waals surface area contributed by atoms with Gasteiger partial charge in [0.05, 0.1) is 10.9 Å². The number of aromatic carboxylic acids is 1. The van der Waals surface area contributed by atoms with E-state index in [1.54, 1.807) is 0 Å². The smallest absolute Gasteiger partial charge is 0.343 e. The van der Waals surface area contributed by atoms with Gasteiger partial charge in [-0.15, -0.1) is 0 Å². The molecule has 0 radical (unpaired) electrons. The number of carbonyl (C=O) groups is 1. The molecule has 2 bridgehead atoms. The fourth-order valence-corrected chi connectivity index (χ4v) is 4.12. The molecule has 25 heavy (non-hydrogen) atoms. The summed E-state index contributed by atoms with van der Waals surface area (Å²) in [7, 11) is -3.57. The normalized spacial score (nSPS) is 21.7. The summed E-state index contributed by atoms with van der Waals surface area (Å²) in [5.74, 6) is -1.96. The molecular formula is C16H15FN2O5S. The van der Waals surface area contributed by atoms with Crippen LogP contribution >= 0.6 is 0 Å². The Balaban J connectivity index is 1.90. The average Bonchev–Trinajstić information content (AvgIpc) is 3.09. The third-order valence-corrected chi connectivity index (χ3v) is 5.80. The van der Waals surface area contributed by atoms with Crippen molar-refractivity contribution < 1.29 is 27.4 Å². The van der Waals surface area contributed by atoms with Crippen LogP contribution in [0.15, 0.2) is 23.1 Å². The van der Waals surface area contributed by atoms with Crippen LogP contribution in [0.4, 0.5) is 4.39 Å². The molecule has 1 fully saturated rings. The van der Waals surface area contributed by atoms with Gasteiger partial charge in [-0.25, -0.2) is 22.3 Å². The number of carboxylic acids is 1. The second-order valence-electron chi connectivity index (χ2n) is 6.40. The molecule has 9 heteroatoms. The first-order chi connectivity index (χ1) is 11.8. The van der Waals surface area contributed by atoms with Crippen molar-refractivity contribution in [2.24, 2.45) is 0 Å². The topological polar surface area (TPSA) is 98.5 Å². The molecule has 7 nitrogen and oxygen atoms in total. The van der Waals surface area contributed by atoms with Gasteiger partial charge in [-0.2, -0.15) is 5.10 Å². The van der Waals surface area contributed by atoms with Crippen molar-refractivity contribution in [2.45, 2.75) is 36.3 Å². The lowest BCUT2D eigenvalue weighted by molar-refractivity contribution is 0.0684. The van der Waals surface area contributed by atoms with Gasteiger partial charge in [-0.3, -0.25) is 0 Å². The van der Waals surface area contributed by atoms with E-state index in [0.29, 0.717) is 0 Å². The predicted octanol–water partition coefficient (Wildman–Crippen LogP) is 2.28. The molecule has 1 aromatic heterocycles. The number of fused-ring (bicyclic) bond motifs is 4. The Hall–Kier alpha value is -2.42. The van der Waals surface area contributed by atoms with Crippen LogP contribution in [0, 0.1) is 5.82 Å². The summed E-state index contributed by atoms with van der Waals surface area (Å²) >= 11 is 0. The van der Waals surface area contributed by atoms with Crippen LogP contribution in [0.1, 0.15) is 35.7 Å². The maximum absolute atomic E-state index is 14.5. The van der Waals surface area contributed by atoms with Gasteiger partial charge >= 0.3 is 5.97 Å². The second kappa shape index (κ2) is 5.29. The number of nitrogens with zero attached hydrogens (tertiary/aromatic N) is 2. The minimum Gasteiger partial charge on any atom is -0.477 e. The molecule has 1 saturated carbocycles. The van der Waals surface area contributed by atoms with E-state index >= 15 is 0 Å². The van der Waals surface area contributed by atoms with Crippen molar-refractivity contribution in [3.8, 4) is 17.1 Å². The first kappa shape index (κ1) is 16.1. The van der Waals surface area contributed by atoms with Gasteiger partial charge < -0.3 is 9.84 Å². The van der Waals surface area contributed by atoms with Crippen molar-refractivity contribution in [3.05, 3.63) is 29.6 Å². The zero-order valence-corrected chi connectivity index (χ0v) is 14.1. The van der Waals surface area contributed by atoms with Crippen LogP contribution in [-0.2, 0) is 9.84 Å². The average molecular weight is 366 g/mol. The monoisotopic (exact) mass is 366 g/mol. The maximum atomic E-state index is 14.5. The lowest BCUT2D eigenvalue weighted by Crippen LogP contribution is -2.23.